The second-order valence-corrected chi connectivity index (χ2v) is 5.72. The molecular formula is C18H17Cl2NO3. The summed E-state index contributed by atoms with van der Waals surface area (Å²) in [4.78, 5) is 16.9. The van der Waals surface area contributed by atoms with Gasteiger partial charge in [-0.05, 0) is 23.8 Å². The van der Waals surface area contributed by atoms with E-state index in [1.165, 1.54) is 7.11 Å². The molecular weight excluding hydrogens is 349 g/mol. The fourth-order valence-electron chi connectivity index (χ4n) is 1.92. The molecule has 4 nitrogen and oxygen atoms in total. The van der Waals surface area contributed by atoms with Gasteiger partial charge in [0.1, 0.15) is 0 Å². The Bertz CT molecular complexity index is 717. The van der Waals surface area contributed by atoms with Crippen LogP contribution in [0.25, 0.3) is 5.70 Å². The summed E-state index contributed by atoms with van der Waals surface area (Å²) in [6.45, 7) is 0.373. The monoisotopic (exact) mass is 365 g/mol. The molecule has 0 aliphatic carbocycles. The van der Waals surface area contributed by atoms with Crippen molar-refractivity contribution < 1.29 is 14.4 Å². The lowest BCUT2D eigenvalue weighted by molar-refractivity contribution is -0.139. The molecule has 0 amide bonds. The van der Waals surface area contributed by atoms with Crippen LogP contribution in [0.3, 0.4) is 0 Å². The van der Waals surface area contributed by atoms with Gasteiger partial charge in [-0.1, -0.05) is 59.6 Å². The first-order chi connectivity index (χ1) is 11.6. The molecule has 0 unspecified atom stereocenters. The number of nitrogens with one attached hydrogen (secondary N) is 1. The molecule has 0 aliphatic heterocycles. The van der Waals surface area contributed by atoms with E-state index in [0.29, 0.717) is 22.3 Å². The van der Waals surface area contributed by atoms with Gasteiger partial charge in [-0.25, -0.2) is 0 Å². The number of carbonyl (C=O) groups is 1. The van der Waals surface area contributed by atoms with E-state index in [1.54, 1.807) is 24.3 Å². The molecule has 0 saturated carbocycles. The highest BCUT2D eigenvalue weighted by Gasteiger charge is 2.07. The molecule has 24 heavy (non-hydrogen) atoms. The minimum atomic E-state index is -0.350. The van der Waals surface area contributed by atoms with Crippen LogP contribution in [0.5, 0.6) is 0 Å². The Morgan fingerprint density at radius 2 is 1.88 bits per heavy atom. The topological polar surface area (TPSA) is 47.6 Å². The van der Waals surface area contributed by atoms with Crippen LogP contribution in [-0.2, 0) is 21.0 Å². The number of hydrogen-bond donors (Lipinski definition) is 1. The molecule has 0 atom stereocenters. The van der Waals surface area contributed by atoms with Gasteiger partial charge in [0.05, 0.1) is 35.9 Å². The van der Waals surface area contributed by atoms with Gasteiger partial charge in [0, 0.05) is 5.56 Å². The van der Waals surface area contributed by atoms with Crippen molar-refractivity contribution in [3.8, 4) is 0 Å². The number of esters is 1. The van der Waals surface area contributed by atoms with E-state index in [1.807, 2.05) is 30.3 Å². The lowest BCUT2D eigenvalue weighted by atomic mass is 10.1. The average molecular weight is 366 g/mol. The molecule has 0 spiro atoms. The third-order valence-electron chi connectivity index (χ3n) is 3.19. The molecule has 0 bridgehead atoms. The standard InChI is InChI=1S/C18H17Cl2NO3/c1-23-18(22)10-9-17(14-7-8-15(19)16(20)11-14)21-24-12-13-5-3-2-4-6-13/h2-9,11,21H,10,12H2,1H3/b17-9-. The van der Waals surface area contributed by atoms with Crippen molar-refractivity contribution in [2.75, 3.05) is 7.11 Å². The van der Waals surface area contributed by atoms with E-state index in [9.17, 15) is 4.79 Å². The predicted octanol–water partition coefficient (Wildman–Crippen LogP) is 4.62. The van der Waals surface area contributed by atoms with Crippen LogP contribution < -0.4 is 5.48 Å². The average Bonchev–Trinajstić information content (AvgIpc) is 2.61. The Balaban J connectivity index is 2.10. The van der Waals surface area contributed by atoms with Gasteiger partial charge in [-0.2, -0.15) is 0 Å². The zero-order valence-electron chi connectivity index (χ0n) is 13.1. The highest BCUT2D eigenvalue weighted by Crippen LogP contribution is 2.25. The Kier molecular flexibility index (Phi) is 7.12. The lowest BCUT2D eigenvalue weighted by Crippen LogP contribution is -2.14. The van der Waals surface area contributed by atoms with Crippen molar-refractivity contribution in [1.82, 2.24) is 5.48 Å². The summed E-state index contributed by atoms with van der Waals surface area (Å²) in [5.41, 5.74) is 5.24. The van der Waals surface area contributed by atoms with Crippen LogP contribution in [0, 0.1) is 0 Å². The van der Waals surface area contributed by atoms with Crippen molar-refractivity contribution in [3.05, 3.63) is 75.8 Å². The smallest absolute Gasteiger partial charge is 0.309 e. The van der Waals surface area contributed by atoms with Crippen LogP contribution in [-0.4, -0.2) is 13.1 Å². The second-order valence-electron chi connectivity index (χ2n) is 4.90. The van der Waals surface area contributed by atoms with E-state index in [0.717, 1.165) is 11.1 Å². The van der Waals surface area contributed by atoms with E-state index in [-0.39, 0.29) is 12.4 Å². The summed E-state index contributed by atoms with van der Waals surface area (Å²) in [6, 6.07) is 14.9. The Morgan fingerprint density at radius 3 is 2.54 bits per heavy atom. The van der Waals surface area contributed by atoms with Crippen LogP contribution >= 0.6 is 23.2 Å². The Labute approximate surface area is 150 Å². The molecule has 2 rings (SSSR count). The first kappa shape index (κ1) is 18.3. The zero-order chi connectivity index (χ0) is 17.4. The van der Waals surface area contributed by atoms with Crippen molar-refractivity contribution in [1.29, 1.82) is 0 Å². The van der Waals surface area contributed by atoms with Crippen LogP contribution in [0.2, 0.25) is 10.0 Å². The van der Waals surface area contributed by atoms with Crippen molar-refractivity contribution in [2.24, 2.45) is 0 Å². The van der Waals surface area contributed by atoms with Gasteiger partial charge in [0.2, 0.25) is 0 Å². The molecule has 0 heterocycles. The molecule has 0 radical (unpaired) electrons. The number of hydrogen-bond acceptors (Lipinski definition) is 4. The van der Waals surface area contributed by atoms with Crippen molar-refractivity contribution in [3.63, 3.8) is 0 Å². The molecule has 2 aromatic carbocycles. The maximum atomic E-state index is 11.4. The second kappa shape index (κ2) is 9.33. The molecule has 0 fully saturated rings. The van der Waals surface area contributed by atoms with E-state index >= 15 is 0 Å². The third-order valence-corrected chi connectivity index (χ3v) is 3.93. The van der Waals surface area contributed by atoms with E-state index in [2.05, 4.69) is 10.2 Å². The van der Waals surface area contributed by atoms with Gasteiger partial charge in [0.25, 0.3) is 0 Å². The summed E-state index contributed by atoms with van der Waals surface area (Å²) in [5.74, 6) is -0.350. The molecule has 2 aromatic rings. The number of halogens is 2. The van der Waals surface area contributed by atoms with Gasteiger partial charge < -0.3 is 4.74 Å². The highest BCUT2D eigenvalue weighted by atomic mass is 35.5. The third kappa shape index (κ3) is 5.57. The van der Waals surface area contributed by atoms with Crippen molar-refractivity contribution >= 4 is 34.9 Å². The molecule has 126 valence electrons. The van der Waals surface area contributed by atoms with E-state index < -0.39 is 0 Å². The maximum Gasteiger partial charge on any atom is 0.309 e. The first-order valence-corrected chi connectivity index (χ1v) is 8.00. The lowest BCUT2D eigenvalue weighted by Gasteiger charge is -2.12. The van der Waals surface area contributed by atoms with Gasteiger partial charge >= 0.3 is 5.97 Å². The highest BCUT2D eigenvalue weighted by molar-refractivity contribution is 6.42. The number of carbonyl (C=O) groups excluding carboxylic acids is 1. The number of methoxy groups -OCH3 is 1. The Morgan fingerprint density at radius 1 is 1.12 bits per heavy atom. The number of benzene rings is 2. The summed E-state index contributed by atoms with van der Waals surface area (Å²) in [7, 11) is 1.34. The number of hydroxylamine groups is 1. The van der Waals surface area contributed by atoms with Gasteiger partial charge in [-0.3, -0.25) is 15.1 Å². The number of ether oxygens (including phenoxy) is 1. The quantitative estimate of drug-likeness (QED) is 0.574. The zero-order valence-corrected chi connectivity index (χ0v) is 14.6. The fraction of sp³-hybridized carbons (Fsp3) is 0.167. The summed E-state index contributed by atoms with van der Waals surface area (Å²) in [5, 5.41) is 0.876. The van der Waals surface area contributed by atoms with E-state index in [4.69, 9.17) is 28.0 Å². The van der Waals surface area contributed by atoms with Crippen LogP contribution in [0.1, 0.15) is 17.5 Å². The first-order valence-electron chi connectivity index (χ1n) is 7.24. The maximum absolute atomic E-state index is 11.4. The Hall–Kier alpha value is -2.01. The molecule has 0 saturated heterocycles. The normalized spacial score (nSPS) is 11.2. The van der Waals surface area contributed by atoms with Crippen molar-refractivity contribution in [2.45, 2.75) is 13.0 Å². The fourth-order valence-corrected chi connectivity index (χ4v) is 2.22. The molecule has 0 aromatic heterocycles. The number of rotatable bonds is 7. The minimum absolute atomic E-state index is 0.105. The summed E-state index contributed by atoms with van der Waals surface area (Å²) >= 11 is 12.0. The van der Waals surface area contributed by atoms with Gasteiger partial charge in [0.15, 0.2) is 0 Å². The molecule has 0 aliphatic rings. The molecule has 1 N–H and O–H groups in total. The van der Waals surface area contributed by atoms with Gasteiger partial charge in [-0.15, -0.1) is 0 Å². The summed E-state index contributed by atoms with van der Waals surface area (Å²) in [6.07, 6.45) is 1.78. The SMILES string of the molecule is COC(=O)C/C=C(\NOCc1ccccc1)c1ccc(Cl)c(Cl)c1. The minimum Gasteiger partial charge on any atom is -0.469 e. The summed E-state index contributed by atoms with van der Waals surface area (Å²) < 4.78 is 4.65. The van der Waals surface area contributed by atoms with Crippen LogP contribution in [0.15, 0.2) is 54.6 Å². The molecule has 6 heteroatoms. The predicted molar refractivity (Wildman–Crippen MR) is 95.4 cm³/mol. The largest absolute Gasteiger partial charge is 0.469 e. The van der Waals surface area contributed by atoms with Crippen LogP contribution in [0.4, 0.5) is 0 Å².